The molecule has 2 atom stereocenters. The fourth-order valence-electron chi connectivity index (χ4n) is 3.46. The molecule has 2 fully saturated rings. The summed E-state index contributed by atoms with van der Waals surface area (Å²) < 4.78 is 25.2. The van der Waals surface area contributed by atoms with Gasteiger partial charge >= 0.3 is 0 Å². The Morgan fingerprint density at radius 3 is 3.10 bits per heavy atom. The van der Waals surface area contributed by atoms with E-state index in [9.17, 15) is 8.42 Å². The van der Waals surface area contributed by atoms with Gasteiger partial charge in [-0.05, 0) is 12.5 Å². The van der Waals surface area contributed by atoms with Gasteiger partial charge in [-0.25, -0.2) is 15.1 Å². The van der Waals surface area contributed by atoms with E-state index in [0.29, 0.717) is 19.6 Å². The largest absolute Gasteiger partial charge is 0.346 e. The number of aromatic nitrogens is 3. The van der Waals surface area contributed by atoms with E-state index < -0.39 is 15.7 Å². The van der Waals surface area contributed by atoms with Gasteiger partial charge in [0.15, 0.2) is 0 Å². The quantitative estimate of drug-likeness (QED) is 0.678. The summed E-state index contributed by atoms with van der Waals surface area (Å²) in [5.74, 6) is 0.0462. The molecule has 0 radical (unpaired) electrons. The molecule has 2 aromatic heterocycles. The van der Waals surface area contributed by atoms with Crippen molar-refractivity contribution in [2.75, 3.05) is 19.6 Å². The first-order valence-electron chi connectivity index (χ1n) is 6.82. The van der Waals surface area contributed by atoms with E-state index in [1.165, 1.54) is 10.6 Å². The van der Waals surface area contributed by atoms with E-state index in [0.717, 1.165) is 23.1 Å². The number of piperazine rings is 1. The monoisotopic (exact) mass is 308 g/mol. The van der Waals surface area contributed by atoms with Crippen LogP contribution in [0.4, 0.5) is 0 Å². The van der Waals surface area contributed by atoms with Crippen molar-refractivity contribution in [2.24, 2.45) is 5.14 Å². The fourth-order valence-corrected chi connectivity index (χ4v) is 4.58. The SMILES string of the molecule is NS(=O)(=O)N1CCNCC12CC2c1ncnc2[nH]ccc12. The molecule has 1 saturated heterocycles. The molecule has 4 rings (SSSR count). The first-order valence-corrected chi connectivity index (χ1v) is 8.32. The number of hydrogen-bond donors (Lipinski definition) is 3. The van der Waals surface area contributed by atoms with Crippen LogP contribution < -0.4 is 10.5 Å². The molecule has 2 unspecified atom stereocenters. The Morgan fingerprint density at radius 1 is 1.43 bits per heavy atom. The molecule has 1 spiro atoms. The van der Waals surface area contributed by atoms with Crippen molar-refractivity contribution < 1.29 is 8.42 Å². The highest BCUT2D eigenvalue weighted by molar-refractivity contribution is 7.86. The Kier molecular flexibility index (Phi) is 2.65. The van der Waals surface area contributed by atoms with E-state index in [1.807, 2.05) is 12.3 Å². The third-order valence-electron chi connectivity index (χ3n) is 4.49. The van der Waals surface area contributed by atoms with Gasteiger partial charge in [0.25, 0.3) is 10.2 Å². The van der Waals surface area contributed by atoms with E-state index in [2.05, 4.69) is 20.3 Å². The molecule has 0 amide bonds. The lowest BCUT2D eigenvalue weighted by Crippen LogP contribution is -2.58. The van der Waals surface area contributed by atoms with Crippen molar-refractivity contribution in [3.05, 3.63) is 24.3 Å². The lowest BCUT2D eigenvalue weighted by atomic mass is 10.1. The van der Waals surface area contributed by atoms with Gasteiger partial charge in [0.2, 0.25) is 0 Å². The average molecular weight is 308 g/mol. The van der Waals surface area contributed by atoms with Gasteiger partial charge in [-0.3, -0.25) is 0 Å². The minimum Gasteiger partial charge on any atom is -0.346 e. The number of nitrogens with two attached hydrogens (primary N) is 1. The molecule has 1 aliphatic carbocycles. The molecular weight excluding hydrogens is 292 g/mol. The van der Waals surface area contributed by atoms with Crippen LogP contribution in [0.1, 0.15) is 18.0 Å². The molecule has 8 nitrogen and oxygen atoms in total. The Balaban J connectivity index is 1.77. The van der Waals surface area contributed by atoms with Crippen LogP contribution in [0, 0.1) is 0 Å². The van der Waals surface area contributed by atoms with Crippen LogP contribution in [0.5, 0.6) is 0 Å². The predicted molar refractivity (Wildman–Crippen MR) is 76.7 cm³/mol. The van der Waals surface area contributed by atoms with Gasteiger partial charge in [0.05, 0.1) is 11.2 Å². The summed E-state index contributed by atoms with van der Waals surface area (Å²) in [6, 6.07) is 1.92. The van der Waals surface area contributed by atoms with E-state index in [4.69, 9.17) is 5.14 Å². The minimum atomic E-state index is -3.71. The maximum Gasteiger partial charge on any atom is 0.277 e. The third kappa shape index (κ3) is 1.89. The number of nitrogens with zero attached hydrogens (tertiary/aromatic N) is 3. The van der Waals surface area contributed by atoms with Crippen molar-refractivity contribution in [3.8, 4) is 0 Å². The lowest BCUT2D eigenvalue weighted by molar-refractivity contribution is 0.242. The molecule has 2 aromatic rings. The van der Waals surface area contributed by atoms with Crippen molar-refractivity contribution in [2.45, 2.75) is 17.9 Å². The zero-order valence-corrected chi connectivity index (χ0v) is 12.1. The maximum atomic E-state index is 11.9. The van der Waals surface area contributed by atoms with Gasteiger partial charge in [-0.1, -0.05) is 0 Å². The third-order valence-corrected chi connectivity index (χ3v) is 5.65. The number of fused-ring (bicyclic) bond motifs is 1. The van der Waals surface area contributed by atoms with Gasteiger partial charge in [-0.2, -0.15) is 12.7 Å². The van der Waals surface area contributed by atoms with Crippen LogP contribution in [0.2, 0.25) is 0 Å². The molecule has 21 heavy (non-hydrogen) atoms. The summed E-state index contributed by atoms with van der Waals surface area (Å²) in [5, 5.41) is 9.60. The molecule has 112 valence electrons. The van der Waals surface area contributed by atoms with E-state index in [1.54, 1.807) is 0 Å². The van der Waals surface area contributed by atoms with Crippen LogP contribution in [-0.2, 0) is 10.2 Å². The second-order valence-electron chi connectivity index (χ2n) is 5.65. The summed E-state index contributed by atoms with van der Waals surface area (Å²) in [4.78, 5) is 11.6. The van der Waals surface area contributed by atoms with Crippen LogP contribution in [0.25, 0.3) is 11.0 Å². The molecule has 0 bridgehead atoms. The zero-order valence-electron chi connectivity index (χ0n) is 11.3. The van der Waals surface area contributed by atoms with Crippen molar-refractivity contribution in [3.63, 3.8) is 0 Å². The molecule has 2 aliphatic rings. The Bertz CT molecular complexity index is 803. The second kappa shape index (κ2) is 4.23. The topological polar surface area (TPSA) is 117 Å². The molecule has 1 saturated carbocycles. The van der Waals surface area contributed by atoms with Gasteiger partial charge < -0.3 is 10.3 Å². The van der Waals surface area contributed by atoms with Gasteiger partial charge in [0, 0.05) is 37.1 Å². The van der Waals surface area contributed by atoms with Crippen LogP contribution in [0.3, 0.4) is 0 Å². The number of nitrogens with one attached hydrogen (secondary N) is 2. The zero-order chi connectivity index (χ0) is 14.7. The summed E-state index contributed by atoms with van der Waals surface area (Å²) >= 11 is 0. The highest BCUT2D eigenvalue weighted by atomic mass is 32.2. The number of aromatic amines is 1. The molecule has 3 heterocycles. The van der Waals surface area contributed by atoms with Crippen LogP contribution >= 0.6 is 0 Å². The van der Waals surface area contributed by atoms with E-state index in [-0.39, 0.29) is 5.92 Å². The normalized spacial score (nSPS) is 30.0. The smallest absolute Gasteiger partial charge is 0.277 e. The predicted octanol–water partition coefficient (Wildman–Crippen LogP) is -0.707. The standard InChI is InChI=1S/C12H16N6O2S/c13-21(19,20)18-4-3-14-6-12(18)5-9(12)10-8-1-2-15-11(8)17-7-16-10/h1-2,7,9,14H,3-6H2,(H2,13,19,20)(H,15,16,17). The first kappa shape index (κ1) is 13.1. The molecule has 0 aromatic carbocycles. The summed E-state index contributed by atoms with van der Waals surface area (Å²) in [5.41, 5.74) is 1.18. The highest BCUT2D eigenvalue weighted by Crippen LogP contribution is 2.56. The number of H-pyrrole nitrogens is 1. The Morgan fingerprint density at radius 2 is 2.29 bits per heavy atom. The summed E-state index contributed by atoms with van der Waals surface area (Å²) in [7, 11) is -3.71. The first-order chi connectivity index (χ1) is 10.0. The Hall–Kier alpha value is -1.55. The van der Waals surface area contributed by atoms with Crippen molar-refractivity contribution >= 4 is 21.2 Å². The molecule has 9 heteroatoms. The highest BCUT2D eigenvalue weighted by Gasteiger charge is 2.63. The fraction of sp³-hybridized carbons (Fsp3) is 0.500. The summed E-state index contributed by atoms with van der Waals surface area (Å²) in [6.45, 7) is 1.62. The second-order valence-corrected chi connectivity index (χ2v) is 7.12. The molecular formula is C12H16N6O2S. The Labute approximate surface area is 121 Å². The lowest BCUT2D eigenvalue weighted by Gasteiger charge is -2.35. The van der Waals surface area contributed by atoms with E-state index >= 15 is 0 Å². The number of hydrogen-bond acceptors (Lipinski definition) is 5. The van der Waals surface area contributed by atoms with Crippen LogP contribution in [-0.4, -0.2) is 52.8 Å². The average Bonchev–Trinajstić information content (AvgIpc) is 2.93. The van der Waals surface area contributed by atoms with Crippen molar-refractivity contribution in [1.82, 2.24) is 24.6 Å². The molecule has 1 aliphatic heterocycles. The maximum absolute atomic E-state index is 11.9. The van der Waals surface area contributed by atoms with Gasteiger partial charge in [-0.15, -0.1) is 0 Å². The molecule has 4 N–H and O–H groups in total. The van der Waals surface area contributed by atoms with Crippen molar-refractivity contribution in [1.29, 1.82) is 0 Å². The number of rotatable bonds is 2. The minimum absolute atomic E-state index is 0.0462. The van der Waals surface area contributed by atoms with Crippen LogP contribution in [0.15, 0.2) is 18.6 Å². The summed E-state index contributed by atoms with van der Waals surface area (Å²) in [6.07, 6.45) is 4.06. The van der Waals surface area contributed by atoms with Gasteiger partial charge in [0.1, 0.15) is 12.0 Å².